The van der Waals surface area contributed by atoms with Crippen LogP contribution in [0.5, 0.6) is 0 Å². The van der Waals surface area contributed by atoms with E-state index in [1.165, 1.54) is 0 Å². The normalized spacial score (nSPS) is 13.4. The molecule has 0 saturated heterocycles. The van der Waals surface area contributed by atoms with Gasteiger partial charge in [0.05, 0.1) is 0 Å². The van der Waals surface area contributed by atoms with Crippen LogP contribution >= 0.6 is 0 Å². The molecule has 0 aromatic heterocycles. The summed E-state index contributed by atoms with van der Waals surface area (Å²) in [5.41, 5.74) is 5.85. The molecule has 0 amide bonds. The molecular formula is C8H12N4O2S. The van der Waals surface area contributed by atoms with Crippen molar-refractivity contribution in [3.63, 3.8) is 0 Å². The topological polar surface area (TPSA) is 122 Å². The van der Waals surface area contributed by atoms with Gasteiger partial charge in [0.25, 0.3) is 10.2 Å². The average Bonchev–Trinajstić information content (AvgIpc) is 2.14. The molecule has 0 aliphatic heterocycles. The lowest BCUT2D eigenvalue weighted by atomic mass is 10.1. The van der Waals surface area contributed by atoms with Crippen molar-refractivity contribution in [3.8, 4) is 0 Å². The fraction of sp³-hybridized carbons (Fsp3) is 0.125. The van der Waals surface area contributed by atoms with Gasteiger partial charge in [-0.3, -0.25) is 5.41 Å². The molecule has 0 heterocycles. The minimum absolute atomic E-state index is 0.310. The van der Waals surface area contributed by atoms with Crippen molar-refractivity contribution < 1.29 is 8.42 Å². The number of nitrogens with two attached hydrogens (primary N) is 2. The van der Waals surface area contributed by atoms with E-state index in [-0.39, 0.29) is 5.84 Å². The van der Waals surface area contributed by atoms with Crippen molar-refractivity contribution in [1.29, 1.82) is 5.41 Å². The number of hydrogen-bond donors (Lipinski definition) is 4. The van der Waals surface area contributed by atoms with Gasteiger partial charge in [0.15, 0.2) is 0 Å². The van der Waals surface area contributed by atoms with E-state index in [0.29, 0.717) is 5.56 Å². The molecule has 82 valence electrons. The van der Waals surface area contributed by atoms with Crippen molar-refractivity contribution in [2.24, 2.45) is 10.9 Å². The fourth-order valence-corrected chi connectivity index (χ4v) is 1.71. The summed E-state index contributed by atoms with van der Waals surface area (Å²) < 4.78 is 23.7. The van der Waals surface area contributed by atoms with Crippen LogP contribution in [0.1, 0.15) is 11.6 Å². The molecular weight excluding hydrogens is 216 g/mol. The zero-order chi connectivity index (χ0) is 11.5. The first-order valence-corrected chi connectivity index (χ1v) is 5.63. The molecule has 0 aliphatic carbocycles. The van der Waals surface area contributed by atoms with Crippen LogP contribution in [-0.4, -0.2) is 14.3 Å². The van der Waals surface area contributed by atoms with Gasteiger partial charge in [-0.25, -0.2) is 5.14 Å². The van der Waals surface area contributed by atoms with E-state index in [4.69, 9.17) is 16.3 Å². The van der Waals surface area contributed by atoms with Gasteiger partial charge in [0, 0.05) is 0 Å². The second-order valence-corrected chi connectivity index (χ2v) is 4.29. The first-order valence-electron chi connectivity index (χ1n) is 4.09. The van der Waals surface area contributed by atoms with Crippen molar-refractivity contribution in [2.75, 3.05) is 0 Å². The van der Waals surface area contributed by atoms with Gasteiger partial charge in [0.2, 0.25) is 0 Å². The standard InChI is InChI=1S/C8H12N4O2S/c9-8(10)7(12-15(11,13)14)6-4-2-1-3-5-6/h1-5,7,12H,(H3,9,10)(H2,11,13,14). The van der Waals surface area contributed by atoms with Crippen LogP contribution in [0.4, 0.5) is 0 Å². The minimum Gasteiger partial charge on any atom is -0.386 e. The smallest absolute Gasteiger partial charge is 0.275 e. The van der Waals surface area contributed by atoms with E-state index in [1.807, 2.05) is 0 Å². The lowest BCUT2D eigenvalue weighted by Crippen LogP contribution is -2.40. The van der Waals surface area contributed by atoms with Gasteiger partial charge < -0.3 is 5.73 Å². The zero-order valence-electron chi connectivity index (χ0n) is 7.84. The molecule has 6 N–H and O–H groups in total. The summed E-state index contributed by atoms with van der Waals surface area (Å²) >= 11 is 0. The maximum Gasteiger partial charge on any atom is 0.275 e. The molecule has 0 aliphatic rings. The highest BCUT2D eigenvalue weighted by atomic mass is 32.2. The van der Waals surface area contributed by atoms with Crippen molar-refractivity contribution in [1.82, 2.24) is 4.72 Å². The van der Waals surface area contributed by atoms with Crippen molar-refractivity contribution in [2.45, 2.75) is 6.04 Å². The Morgan fingerprint density at radius 2 is 1.87 bits per heavy atom. The first-order chi connectivity index (χ1) is 6.90. The Labute approximate surface area is 88.0 Å². The molecule has 15 heavy (non-hydrogen) atoms. The van der Waals surface area contributed by atoms with Crippen molar-refractivity contribution in [3.05, 3.63) is 35.9 Å². The third-order valence-electron chi connectivity index (χ3n) is 1.73. The molecule has 0 saturated carbocycles. The number of amidine groups is 1. The molecule has 0 bridgehead atoms. The number of nitrogens with one attached hydrogen (secondary N) is 2. The monoisotopic (exact) mass is 228 g/mol. The van der Waals surface area contributed by atoms with Crippen LogP contribution in [0.3, 0.4) is 0 Å². The summed E-state index contributed by atoms with van der Waals surface area (Å²) in [6, 6.07) is 7.61. The highest BCUT2D eigenvalue weighted by molar-refractivity contribution is 7.87. The predicted molar refractivity (Wildman–Crippen MR) is 57.3 cm³/mol. The molecule has 0 spiro atoms. The lowest BCUT2D eigenvalue weighted by Gasteiger charge is -2.15. The van der Waals surface area contributed by atoms with E-state index < -0.39 is 16.3 Å². The largest absolute Gasteiger partial charge is 0.386 e. The molecule has 7 heteroatoms. The van der Waals surface area contributed by atoms with E-state index in [1.54, 1.807) is 30.3 Å². The fourth-order valence-electron chi connectivity index (χ4n) is 1.12. The average molecular weight is 228 g/mol. The molecule has 1 rings (SSSR count). The van der Waals surface area contributed by atoms with Gasteiger partial charge in [-0.1, -0.05) is 30.3 Å². The Hall–Kier alpha value is -1.44. The maximum absolute atomic E-state index is 10.8. The van der Waals surface area contributed by atoms with E-state index in [9.17, 15) is 8.42 Å². The highest BCUT2D eigenvalue weighted by Gasteiger charge is 2.18. The summed E-state index contributed by atoms with van der Waals surface area (Å²) in [5, 5.41) is 12.1. The van der Waals surface area contributed by atoms with Gasteiger partial charge in [0.1, 0.15) is 11.9 Å². The first kappa shape index (κ1) is 11.6. The van der Waals surface area contributed by atoms with Crippen LogP contribution in [0.25, 0.3) is 0 Å². The Bertz CT molecular complexity index is 443. The molecule has 6 nitrogen and oxygen atoms in total. The van der Waals surface area contributed by atoms with E-state index in [2.05, 4.69) is 4.72 Å². The highest BCUT2D eigenvalue weighted by Crippen LogP contribution is 2.12. The summed E-state index contributed by atoms with van der Waals surface area (Å²) in [6.07, 6.45) is 0. The quantitative estimate of drug-likeness (QED) is 0.408. The number of rotatable bonds is 4. The van der Waals surface area contributed by atoms with Crippen LogP contribution in [0, 0.1) is 5.41 Å². The van der Waals surface area contributed by atoms with Gasteiger partial charge in [-0.2, -0.15) is 13.1 Å². The Morgan fingerprint density at radius 1 is 1.33 bits per heavy atom. The Balaban J connectivity index is 3.00. The Kier molecular flexibility index (Phi) is 3.40. The van der Waals surface area contributed by atoms with Crippen LogP contribution in [-0.2, 0) is 10.2 Å². The second-order valence-electron chi connectivity index (χ2n) is 2.96. The number of hydrogen-bond acceptors (Lipinski definition) is 3. The lowest BCUT2D eigenvalue weighted by molar-refractivity contribution is 0.578. The SMILES string of the molecule is N=C(N)C(NS(N)(=O)=O)c1ccccc1. The third-order valence-corrected chi connectivity index (χ3v) is 2.29. The summed E-state index contributed by atoms with van der Waals surface area (Å²) in [7, 11) is -3.89. The molecule has 0 fully saturated rings. The summed E-state index contributed by atoms with van der Waals surface area (Å²) in [6.45, 7) is 0. The van der Waals surface area contributed by atoms with Crippen LogP contribution < -0.4 is 15.6 Å². The minimum atomic E-state index is -3.89. The molecule has 1 aromatic rings. The van der Waals surface area contributed by atoms with E-state index >= 15 is 0 Å². The van der Waals surface area contributed by atoms with Gasteiger partial charge >= 0.3 is 0 Å². The number of benzene rings is 1. The van der Waals surface area contributed by atoms with Crippen molar-refractivity contribution >= 4 is 16.0 Å². The molecule has 1 aromatic carbocycles. The van der Waals surface area contributed by atoms with Crippen LogP contribution in [0.15, 0.2) is 30.3 Å². The Morgan fingerprint density at radius 3 is 2.27 bits per heavy atom. The maximum atomic E-state index is 10.8. The van der Waals surface area contributed by atoms with Gasteiger partial charge in [-0.05, 0) is 5.56 Å². The molecule has 1 unspecified atom stereocenters. The predicted octanol–water partition coefficient (Wildman–Crippen LogP) is -0.543. The molecule has 1 atom stereocenters. The summed E-state index contributed by atoms with van der Waals surface area (Å²) in [4.78, 5) is 0. The van der Waals surface area contributed by atoms with E-state index in [0.717, 1.165) is 0 Å². The summed E-state index contributed by atoms with van der Waals surface area (Å²) in [5.74, 6) is -0.310. The zero-order valence-corrected chi connectivity index (χ0v) is 8.66. The van der Waals surface area contributed by atoms with Crippen LogP contribution in [0.2, 0.25) is 0 Å². The molecule has 0 radical (unpaired) electrons. The third kappa shape index (κ3) is 3.66. The van der Waals surface area contributed by atoms with Gasteiger partial charge in [-0.15, -0.1) is 0 Å². The second kappa shape index (κ2) is 4.39.